The van der Waals surface area contributed by atoms with Crippen molar-refractivity contribution in [2.24, 2.45) is 23.5 Å². The van der Waals surface area contributed by atoms with Gasteiger partial charge in [0.25, 0.3) is 0 Å². The molecule has 2 atom stereocenters. The second-order valence-electron chi connectivity index (χ2n) is 5.75. The maximum absolute atomic E-state index is 11.7. The largest absolute Gasteiger partial charge is 0.465 e. The van der Waals surface area contributed by atoms with Gasteiger partial charge in [0.05, 0.1) is 5.92 Å². The smallest absolute Gasteiger partial charge is 0.306 e. The average molecular weight is 270 g/mol. The van der Waals surface area contributed by atoms with Crippen LogP contribution in [-0.2, 0) is 14.3 Å². The van der Waals surface area contributed by atoms with Crippen molar-refractivity contribution in [2.45, 2.75) is 39.5 Å². The maximum atomic E-state index is 11.7. The lowest BCUT2D eigenvalue weighted by Gasteiger charge is -2.22. The molecule has 0 bridgehead atoms. The summed E-state index contributed by atoms with van der Waals surface area (Å²) in [7, 11) is 0. The lowest BCUT2D eigenvalue weighted by Crippen LogP contribution is -2.39. The van der Waals surface area contributed by atoms with Gasteiger partial charge in [-0.25, -0.2) is 0 Å². The van der Waals surface area contributed by atoms with E-state index in [1.807, 2.05) is 0 Å². The van der Waals surface area contributed by atoms with Crippen LogP contribution < -0.4 is 11.1 Å². The first-order chi connectivity index (χ1) is 9.02. The lowest BCUT2D eigenvalue weighted by molar-refractivity contribution is -0.148. The summed E-state index contributed by atoms with van der Waals surface area (Å²) in [6.07, 6.45) is 3.02. The Morgan fingerprint density at radius 2 is 2.26 bits per heavy atom. The highest BCUT2D eigenvalue weighted by molar-refractivity contribution is 5.79. The van der Waals surface area contributed by atoms with Crippen LogP contribution in [0.2, 0.25) is 0 Å². The summed E-state index contributed by atoms with van der Waals surface area (Å²) in [4.78, 5) is 23.2. The Bertz CT molecular complexity index is 305. The fraction of sp³-hybridized carbons (Fsp3) is 0.857. The molecule has 1 aliphatic rings. The molecule has 19 heavy (non-hydrogen) atoms. The van der Waals surface area contributed by atoms with Crippen molar-refractivity contribution in [3.63, 3.8) is 0 Å². The number of piperidine rings is 1. The highest BCUT2D eigenvalue weighted by atomic mass is 16.5. The second kappa shape index (κ2) is 8.15. The van der Waals surface area contributed by atoms with Crippen molar-refractivity contribution in [3.05, 3.63) is 0 Å². The fourth-order valence-corrected chi connectivity index (χ4v) is 2.41. The molecule has 1 saturated heterocycles. The maximum Gasteiger partial charge on any atom is 0.306 e. The van der Waals surface area contributed by atoms with Crippen LogP contribution >= 0.6 is 0 Å². The van der Waals surface area contributed by atoms with Gasteiger partial charge < -0.3 is 15.8 Å². The zero-order chi connectivity index (χ0) is 14.3. The summed E-state index contributed by atoms with van der Waals surface area (Å²) in [6.45, 7) is 5.65. The lowest BCUT2D eigenvalue weighted by atomic mass is 9.94. The molecule has 5 nitrogen and oxygen atoms in total. The van der Waals surface area contributed by atoms with Crippen molar-refractivity contribution in [1.82, 2.24) is 5.32 Å². The molecule has 0 spiro atoms. The van der Waals surface area contributed by atoms with Gasteiger partial charge in [-0.1, -0.05) is 13.8 Å². The number of nitrogens with one attached hydrogen (secondary N) is 1. The van der Waals surface area contributed by atoms with Gasteiger partial charge in [-0.3, -0.25) is 9.59 Å². The Balaban J connectivity index is 2.28. The van der Waals surface area contributed by atoms with Crippen LogP contribution in [0.25, 0.3) is 0 Å². The number of esters is 1. The predicted octanol–water partition coefficient (Wildman–Crippen LogP) is 1.07. The molecule has 5 heteroatoms. The monoisotopic (exact) mass is 270 g/mol. The highest BCUT2D eigenvalue weighted by Crippen LogP contribution is 2.16. The molecule has 1 amide bonds. The molecule has 1 heterocycles. The molecular formula is C14H26N2O3. The Morgan fingerprint density at radius 1 is 1.53 bits per heavy atom. The molecule has 0 saturated carbocycles. The zero-order valence-electron chi connectivity index (χ0n) is 12.0. The van der Waals surface area contributed by atoms with Crippen LogP contribution in [0.1, 0.15) is 39.5 Å². The standard InChI is InChI=1S/C14H26N2O3/c1-10(2)6-11(8-15)7-13(17)19-9-12-4-3-5-16-14(12)18/h10-12H,3-9,15H2,1-2H3,(H,16,18)/t11-,12?/m0/s1. The van der Waals surface area contributed by atoms with Crippen LogP contribution in [0.3, 0.4) is 0 Å². The van der Waals surface area contributed by atoms with Gasteiger partial charge in [-0.2, -0.15) is 0 Å². The molecule has 0 aromatic heterocycles. The Morgan fingerprint density at radius 3 is 2.84 bits per heavy atom. The molecule has 0 radical (unpaired) electrons. The fourth-order valence-electron chi connectivity index (χ4n) is 2.41. The van der Waals surface area contributed by atoms with Crippen molar-refractivity contribution in [1.29, 1.82) is 0 Å². The van der Waals surface area contributed by atoms with Crippen LogP contribution in [0, 0.1) is 17.8 Å². The SMILES string of the molecule is CC(C)C[C@H](CN)CC(=O)OCC1CCCNC1=O. The number of amides is 1. The first kappa shape index (κ1) is 16.0. The molecule has 3 N–H and O–H groups in total. The molecule has 1 unspecified atom stereocenters. The molecule has 110 valence electrons. The Labute approximate surface area is 115 Å². The van der Waals surface area contributed by atoms with E-state index < -0.39 is 0 Å². The zero-order valence-corrected chi connectivity index (χ0v) is 12.0. The van der Waals surface area contributed by atoms with Crippen molar-refractivity contribution >= 4 is 11.9 Å². The summed E-state index contributed by atoms with van der Waals surface area (Å²) in [6, 6.07) is 0. The molecule has 0 aromatic rings. The number of carbonyl (C=O) groups is 2. The van der Waals surface area contributed by atoms with Gasteiger partial charge in [0.2, 0.25) is 5.91 Å². The second-order valence-corrected chi connectivity index (χ2v) is 5.75. The third-order valence-electron chi connectivity index (χ3n) is 3.44. The molecule has 0 aromatic carbocycles. The summed E-state index contributed by atoms with van der Waals surface area (Å²) < 4.78 is 5.21. The third-order valence-corrected chi connectivity index (χ3v) is 3.44. The number of rotatable bonds is 7. The minimum absolute atomic E-state index is 0.00314. The van der Waals surface area contributed by atoms with E-state index in [4.69, 9.17) is 10.5 Å². The number of carbonyl (C=O) groups excluding carboxylic acids is 2. The van der Waals surface area contributed by atoms with Crippen LogP contribution in [0.5, 0.6) is 0 Å². The Hall–Kier alpha value is -1.10. The van der Waals surface area contributed by atoms with Gasteiger partial charge in [-0.15, -0.1) is 0 Å². The van der Waals surface area contributed by atoms with Crippen molar-refractivity contribution in [2.75, 3.05) is 19.7 Å². The number of hydrogen-bond acceptors (Lipinski definition) is 4. The van der Waals surface area contributed by atoms with E-state index in [-0.39, 0.29) is 30.3 Å². The first-order valence-electron chi connectivity index (χ1n) is 7.16. The van der Waals surface area contributed by atoms with Crippen LogP contribution in [0.15, 0.2) is 0 Å². The highest BCUT2D eigenvalue weighted by Gasteiger charge is 2.24. The van der Waals surface area contributed by atoms with Gasteiger partial charge in [0.15, 0.2) is 0 Å². The summed E-state index contributed by atoms with van der Waals surface area (Å²) in [5, 5.41) is 2.78. The van der Waals surface area contributed by atoms with E-state index >= 15 is 0 Å². The van der Waals surface area contributed by atoms with Crippen molar-refractivity contribution in [3.8, 4) is 0 Å². The third kappa shape index (κ3) is 6.05. The van der Waals surface area contributed by atoms with Gasteiger partial charge >= 0.3 is 5.97 Å². The minimum atomic E-state index is -0.241. The molecule has 1 aliphatic heterocycles. The predicted molar refractivity (Wildman–Crippen MR) is 73.3 cm³/mol. The normalized spacial score (nSPS) is 21.1. The van der Waals surface area contributed by atoms with E-state index in [1.165, 1.54) is 0 Å². The Kier molecular flexibility index (Phi) is 6.84. The summed E-state index contributed by atoms with van der Waals surface area (Å²) in [5.74, 6) is 0.267. The van der Waals surface area contributed by atoms with Gasteiger partial charge in [0.1, 0.15) is 6.61 Å². The van der Waals surface area contributed by atoms with Gasteiger partial charge in [-0.05, 0) is 37.6 Å². The first-order valence-corrected chi connectivity index (χ1v) is 7.16. The average Bonchev–Trinajstić information content (AvgIpc) is 2.36. The van der Waals surface area contributed by atoms with E-state index in [9.17, 15) is 9.59 Å². The van der Waals surface area contributed by atoms with E-state index in [0.29, 0.717) is 18.9 Å². The van der Waals surface area contributed by atoms with Gasteiger partial charge in [0, 0.05) is 13.0 Å². The molecular weight excluding hydrogens is 244 g/mol. The summed E-state index contributed by atoms with van der Waals surface area (Å²) in [5.41, 5.74) is 5.66. The number of ether oxygens (including phenoxy) is 1. The minimum Gasteiger partial charge on any atom is -0.465 e. The molecule has 0 aliphatic carbocycles. The molecule has 1 fully saturated rings. The summed E-state index contributed by atoms with van der Waals surface area (Å²) >= 11 is 0. The van der Waals surface area contributed by atoms with Crippen LogP contribution in [-0.4, -0.2) is 31.6 Å². The molecule has 1 rings (SSSR count). The van der Waals surface area contributed by atoms with Crippen LogP contribution in [0.4, 0.5) is 0 Å². The van der Waals surface area contributed by atoms with E-state index in [1.54, 1.807) is 0 Å². The topological polar surface area (TPSA) is 81.4 Å². The van der Waals surface area contributed by atoms with Crippen molar-refractivity contribution < 1.29 is 14.3 Å². The van der Waals surface area contributed by atoms with E-state index in [0.717, 1.165) is 25.8 Å². The van der Waals surface area contributed by atoms with E-state index in [2.05, 4.69) is 19.2 Å². The number of nitrogens with two attached hydrogens (primary N) is 1. The quantitative estimate of drug-likeness (QED) is 0.678. The number of hydrogen-bond donors (Lipinski definition) is 2.